The van der Waals surface area contributed by atoms with Gasteiger partial charge in [0.25, 0.3) is 6.20 Å². The second-order valence-electron chi connectivity index (χ2n) is 3.43. The molecule has 0 saturated heterocycles. The van der Waals surface area contributed by atoms with Crippen molar-refractivity contribution in [2.75, 3.05) is 12.8 Å². The molecule has 1 rings (SSSR count). The fraction of sp³-hybridized carbons (Fsp3) is 0.273. The maximum absolute atomic E-state index is 12.7. The first-order valence-electron chi connectivity index (χ1n) is 5.09. The number of hydrogen-bond donors (Lipinski definition) is 2. The molecular weight excluding hydrogens is 259 g/mol. The number of thioether (sulfide) groups is 1. The van der Waals surface area contributed by atoms with Crippen LogP contribution in [0.15, 0.2) is 35.5 Å². The molecule has 98 valence electrons. The van der Waals surface area contributed by atoms with Crippen LogP contribution in [-0.2, 0) is 0 Å². The van der Waals surface area contributed by atoms with E-state index in [0.717, 1.165) is 6.20 Å². The van der Waals surface area contributed by atoms with Gasteiger partial charge in [0.15, 0.2) is 0 Å². The molecule has 5 nitrogen and oxygen atoms in total. The van der Waals surface area contributed by atoms with Crippen LogP contribution in [0.1, 0.15) is 11.7 Å². The molecule has 1 atom stereocenters. The Morgan fingerprint density at radius 2 is 2.22 bits per heavy atom. The third-order valence-electron chi connectivity index (χ3n) is 2.17. The van der Waals surface area contributed by atoms with Gasteiger partial charge in [0.1, 0.15) is 10.8 Å². The molecule has 0 spiro atoms. The zero-order valence-electron chi connectivity index (χ0n) is 9.67. The molecule has 7 heteroatoms. The molecule has 18 heavy (non-hydrogen) atoms. The molecule has 0 aliphatic carbocycles. The average molecular weight is 272 g/mol. The van der Waals surface area contributed by atoms with Crippen molar-refractivity contribution in [2.45, 2.75) is 6.10 Å². The summed E-state index contributed by atoms with van der Waals surface area (Å²) in [5.74, 6) is -0.378. The van der Waals surface area contributed by atoms with E-state index in [2.05, 4.69) is 5.32 Å². The van der Waals surface area contributed by atoms with Crippen LogP contribution in [0.3, 0.4) is 0 Å². The largest absolute Gasteiger partial charge is 0.387 e. The highest BCUT2D eigenvalue weighted by Crippen LogP contribution is 2.14. The van der Waals surface area contributed by atoms with E-state index in [1.165, 1.54) is 36.0 Å². The van der Waals surface area contributed by atoms with Crippen LogP contribution < -0.4 is 5.32 Å². The van der Waals surface area contributed by atoms with Crippen molar-refractivity contribution in [2.24, 2.45) is 0 Å². The van der Waals surface area contributed by atoms with Crippen LogP contribution in [0.25, 0.3) is 0 Å². The van der Waals surface area contributed by atoms with Crippen LogP contribution in [0, 0.1) is 15.9 Å². The Hall–Kier alpha value is -1.60. The Labute approximate surface area is 108 Å². The Balaban J connectivity index is 2.57. The number of aliphatic hydroxyl groups excluding tert-OH is 1. The summed E-state index contributed by atoms with van der Waals surface area (Å²) in [6, 6.07) is 5.44. The molecule has 0 fully saturated rings. The highest BCUT2D eigenvalue weighted by molar-refractivity contribution is 8.02. The maximum Gasteiger partial charge on any atom is 0.263 e. The maximum atomic E-state index is 12.7. The Kier molecular flexibility index (Phi) is 5.60. The summed E-state index contributed by atoms with van der Waals surface area (Å²) in [7, 11) is 0. The van der Waals surface area contributed by atoms with Gasteiger partial charge in [-0.15, -0.1) is 11.8 Å². The lowest BCUT2D eigenvalue weighted by molar-refractivity contribution is -0.403. The van der Waals surface area contributed by atoms with Gasteiger partial charge in [-0.1, -0.05) is 12.1 Å². The lowest BCUT2D eigenvalue weighted by Gasteiger charge is -2.13. The quantitative estimate of drug-likeness (QED) is 0.611. The van der Waals surface area contributed by atoms with Gasteiger partial charge >= 0.3 is 0 Å². The van der Waals surface area contributed by atoms with Crippen molar-refractivity contribution in [3.05, 3.63) is 57.0 Å². The van der Waals surface area contributed by atoms with Crippen LogP contribution in [0.5, 0.6) is 0 Å². The summed E-state index contributed by atoms with van der Waals surface area (Å²) in [4.78, 5) is 9.73. The molecule has 0 heterocycles. The molecule has 0 bridgehead atoms. The second kappa shape index (κ2) is 6.97. The van der Waals surface area contributed by atoms with Gasteiger partial charge < -0.3 is 10.4 Å². The van der Waals surface area contributed by atoms with E-state index in [1.54, 1.807) is 6.26 Å². The summed E-state index contributed by atoms with van der Waals surface area (Å²) in [6.45, 7) is 0.117. The summed E-state index contributed by atoms with van der Waals surface area (Å²) in [5.41, 5.74) is 0.547. The zero-order valence-corrected chi connectivity index (χ0v) is 10.5. The first kappa shape index (κ1) is 14.5. The number of halogens is 1. The monoisotopic (exact) mass is 272 g/mol. The number of hydrogen-bond acceptors (Lipinski definition) is 5. The molecule has 0 aliphatic heterocycles. The van der Waals surface area contributed by atoms with Crippen LogP contribution in [0.4, 0.5) is 4.39 Å². The first-order valence-corrected chi connectivity index (χ1v) is 6.32. The number of nitrogens with zero attached hydrogens (tertiary/aromatic N) is 1. The van der Waals surface area contributed by atoms with E-state index >= 15 is 0 Å². The normalized spacial score (nSPS) is 13.2. The van der Waals surface area contributed by atoms with E-state index in [4.69, 9.17) is 0 Å². The molecule has 0 aliphatic rings. The van der Waals surface area contributed by atoms with Crippen molar-refractivity contribution in [3.8, 4) is 0 Å². The molecular formula is C11H13FN2O3S. The van der Waals surface area contributed by atoms with Gasteiger partial charge in [0, 0.05) is 6.54 Å². The molecule has 0 amide bonds. The van der Waals surface area contributed by atoms with Crippen LogP contribution in [-0.4, -0.2) is 22.8 Å². The topological polar surface area (TPSA) is 75.4 Å². The summed E-state index contributed by atoms with van der Waals surface area (Å²) >= 11 is 1.18. The highest BCUT2D eigenvalue weighted by atomic mass is 32.2. The van der Waals surface area contributed by atoms with Gasteiger partial charge in [-0.3, -0.25) is 10.1 Å². The molecule has 1 aromatic carbocycles. The minimum Gasteiger partial charge on any atom is -0.387 e. The van der Waals surface area contributed by atoms with Crippen molar-refractivity contribution >= 4 is 11.8 Å². The lowest BCUT2D eigenvalue weighted by Crippen LogP contribution is -2.20. The fourth-order valence-corrected chi connectivity index (χ4v) is 1.69. The summed E-state index contributed by atoms with van der Waals surface area (Å²) < 4.78 is 12.7. The van der Waals surface area contributed by atoms with Crippen molar-refractivity contribution in [1.82, 2.24) is 5.32 Å². The summed E-state index contributed by atoms with van der Waals surface area (Å²) in [6.07, 6.45) is 1.67. The smallest absolute Gasteiger partial charge is 0.263 e. The zero-order chi connectivity index (χ0) is 13.5. The van der Waals surface area contributed by atoms with Crippen LogP contribution in [0.2, 0.25) is 0 Å². The van der Waals surface area contributed by atoms with E-state index in [-0.39, 0.29) is 12.4 Å². The van der Waals surface area contributed by atoms with Gasteiger partial charge in [-0.2, -0.15) is 0 Å². The van der Waals surface area contributed by atoms with E-state index < -0.39 is 11.0 Å². The van der Waals surface area contributed by atoms with Gasteiger partial charge in [-0.05, 0) is 24.0 Å². The van der Waals surface area contributed by atoms with Crippen molar-refractivity contribution < 1.29 is 14.4 Å². The molecule has 2 N–H and O–H groups in total. The van der Waals surface area contributed by atoms with Crippen LogP contribution >= 0.6 is 11.8 Å². The Morgan fingerprint density at radius 1 is 1.61 bits per heavy atom. The molecule has 1 unspecified atom stereocenters. The van der Waals surface area contributed by atoms with Gasteiger partial charge in [0.2, 0.25) is 0 Å². The van der Waals surface area contributed by atoms with E-state index in [0.29, 0.717) is 10.6 Å². The third kappa shape index (κ3) is 4.72. The molecule has 1 aromatic rings. The minimum absolute atomic E-state index is 0.117. The van der Waals surface area contributed by atoms with Gasteiger partial charge in [-0.25, -0.2) is 4.39 Å². The second-order valence-corrected chi connectivity index (χ2v) is 4.28. The van der Waals surface area contributed by atoms with E-state index in [1.807, 2.05) is 0 Å². The Morgan fingerprint density at radius 3 is 2.72 bits per heavy atom. The number of nitro groups is 1. The average Bonchev–Trinajstić information content (AvgIpc) is 2.34. The molecule has 0 saturated carbocycles. The van der Waals surface area contributed by atoms with E-state index in [9.17, 15) is 19.6 Å². The number of rotatable bonds is 6. The van der Waals surface area contributed by atoms with Crippen molar-refractivity contribution in [3.63, 3.8) is 0 Å². The first-order chi connectivity index (χ1) is 8.52. The predicted molar refractivity (Wildman–Crippen MR) is 68.0 cm³/mol. The van der Waals surface area contributed by atoms with Crippen molar-refractivity contribution in [1.29, 1.82) is 0 Å². The number of aliphatic hydroxyl groups is 1. The highest BCUT2D eigenvalue weighted by Gasteiger charge is 2.09. The Bertz CT molecular complexity index is 436. The molecule has 0 radical (unpaired) electrons. The standard InChI is InChI=1S/C11H13FN2O3S/c1-18-11(7-14(16)17)13-6-10(15)8-2-4-9(12)5-3-8/h2-5,7,10,13,15H,6H2,1H3/b11-7-. The third-order valence-corrected chi connectivity index (χ3v) is 2.86. The predicted octanol–water partition coefficient (Wildman–Crippen LogP) is 1.89. The SMILES string of the molecule is CS/C(=C\[N+](=O)[O-])NCC(O)c1ccc(F)cc1. The number of benzene rings is 1. The summed E-state index contributed by atoms with van der Waals surface area (Å²) in [5, 5.41) is 23.2. The molecule has 0 aromatic heterocycles. The minimum atomic E-state index is -0.854. The lowest BCUT2D eigenvalue weighted by atomic mass is 10.1. The fourth-order valence-electron chi connectivity index (χ4n) is 1.27. The number of nitrogens with one attached hydrogen (secondary N) is 1. The van der Waals surface area contributed by atoms with Gasteiger partial charge in [0.05, 0.1) is 11.0 Å².